The van der Waals surface area contributed by atoms with Crippen molar-refractivity contribution in [2.24, 2.45) is 5.92 Å². The predicted molar refractivity (Wildman–Crippen MR) is 135 cm³/mol. The van der Waals surface area contributed by atoms with Gasteiger partial charge in [-0.1, -0.05) is 43.7 Å². The predicted octanol–water partition coefficient (Wildman–Crippen LogP) is 4.99. The number of anilines is 2. The number of aromatic nitrogens is 1. The van der Waals surface area contributed by atoms with Crippen LogP contribution in [0.5, 0.6) is 0 Å². The summed E-state index contributed by atoms with van der Waals surface area (Å²) < 4.78 is 0. The summed E-state index contributed by atoms with van der Waals surface area (Å²) in [5.74, 6) is 0.500. The van der Waals surface area contributed by atoms with E-state index in [1.807, 2.05) is 31.2 Å². The minimum Gasteiger partial charge on any atom is -0.311 e. The molecule has 0 aromatic carbocycles. The molecule has 1 aromatic heterocycles. The summed E-state index contributed by atoms with van der Waals surface area (Å²) >= 11 is 12.7. The van der Waals surface area contributed by atoms with Gasteiger partial charge < -0.3 is 10.6 Å². The molecule has 2 aliphatic rings. The second kappa shape index (κ2) is 11.2. The topological polar surface area (TPSA) is 77.6 Å². The second-order valence-corrected chi connectivity index (χ2v) is 9.87. The number of amides is 3. The van der Waals surface area contributed by atoms with Crippen LogP contribution in [0.2, 0.25) is 0 Å². The van der Waals surface area contributed by atoms with E-state index in [0.717, 1.165) is 5.70 Å². The Morgan fingerprint density at radius 2 is 2.09 bits per heavy atom. The monoisotopic (exact) mass is 491 g/mol. The quantitative estimate of drug-likeness (QED) is 0.502. The Morgan fingerprint density at radius 1 is 1.33 bits per heavy atom. The van der Waals surface area contributed by atoms with Crippen LogP contribution < -0.4 is 15.5 Å². The van der Waals surface area contributed by atoms with E-state index in [1.165, 1.54) is 0 Å². The molecule has 33 heavy (non-hydrogen) atoms. The van der Waals surface area contributed by atoms with E-state index in [-0.39, 0.29) is 35.8 Å². The van der Waals surface area contributed by atoms with Crippen LogP contribution >= 0.6 is 23.2 Å². The minimum atomic E-state index is -0.239. The first kappa shape index (κ1) is 25.3. The highest BCUT2D eigenvalue weighted by Gasteiger charge is 2.37. The average Bonchev–Trinajstić information content (AvgIpc) is 2.72. The first-order valence-corrected chi connectivity index (χ1v) is 11.9. The number of urea groups is 1. The summed E-state index contributed by atoms with van der Waals surface area (Å²) in [7, 11) is 1.71. The van der Waals surface area contributed by atoms with Gasteiger partial charge in [-0.2, -0.15) is 0 Å². The van der Waals surface area contributed by atoms with Crippen molar-refractivity contribution < 1.29 is 9.59 Å². The van der Waals surface area contributed by atoms with Gasteiger partial charge >= 0.3 is 6.03 Å². The third-order valence-electron chi connectivity index (χ3n) is 5.27. The third-order valence-corrected chi connectivity index (χ3v) is 5.70. The Bertz CT molecular complexity index is 987. The number of fused-ring (bicyclic) bond motifs is 1. The molecular weight excluding hydrogens is 461 g/mol. The van der Waals surface area contributed by atoms with Crippen LogP contribution in [-0.4, -0.2) is 46.8 Å². The van der Waals surface area contributed by atoms with Crippen molar-refractivity contribution in [3.8, 4) is 0 Å². The van der Waals surface area contributed by atoms with Gasteiger partial charge in [0.05, 0.1) is 30.5 Å². The summed E-state index contributed by atoms with van der Waals surface area (Å²) in [5.41, 5.74) is 2.28. The molecule has 0 saturated carbocycles. The van der Waals surface area contributed by atoms with Crippen molar-refractivity contribution >= 4 is 46.6 Å². The lowest BCUT2D eigenvalue weighted by Crippen LogP contribution is -2.51. The average molecular weight is 492 g/mol. The van der Waals surface area contributed by atoms with E-state index in [4.69, 9.17) is 28.2 Å². The number of hydrogen-bond acceptors (Lipinski definition) is 4. The van der Waals surface area contributed by atoms with Gasteiger partial charge in [-0.25, -0.2) is 9.78 Å². The van der Waals surface area contributed by atoms with Crippen LogP contribution in [-0.2, 0) is 11.3 Å². The van der Waals surface area contributed by atoms with E-state index >= 15 is 0 Å². The van der Waals surface area contributed by atoms with Crippen molar-refractivity contribution in [1.82, 2.24) is 15.2 Å². The number of pyridine rings is 1. The number of likely N-dealkylation sites (N-methyl/N-ethyl adjacent to an activating group) is 1. The van der Waals surface area contributed by atoms with E-state index in [0.29, 0.717) is 41.6 Å². The van der Waals surface area contributed by atoms with Crippen molar-refractivity contribution in [2.45, 2.75) is 51.6 Å². The van der Waals surface area contributed by atoms with Crippen LogP contribution in [0, 0.1) is 5.92 Å². The molecule has 1 aliphatic carbocycles. The number of allylic oxidation sites excluding steroid dienone is 4. The van der Waals surface area contributed by atoms with Crippen molar-refractivity contribution in [3.63, 3.8) is 0 Å². The molecule has 2 unspecified atom stereocenters. The molecule has 0 bridgehead atoms. The number of rotatable bonds is 8. The maximum Gasteiger partial charge on any atom is 0.329 e. The molecule has 3 amide bonds. The number of nitrogens with one attached hydrogen (secondary N) is 2. The SMILES string of the molecule is CNCC(=O)Nc1ccc2c(n1)CN(C(=CC(C)C)CC(C)Cl)C(=O)N2C1C=CC=C(Cl)C1. The molecule has 9 heteroatoms. The molecule has 178 valence electrons. The van der Waals surface area contributed by atoms with Crippen LogP contribution in [0.4, 0.5) is 16.3 Å². The highest BCUT2D eigenvalue weighted by atomic mass is 35.5. The summed E-state index contributed by atoms with van der Waals surface area (Å²) in [5, 5.41) is 6.17. The molecule has 1 aliphatic heterocycles. The van der Waals surface area contributed by atoms with Gasteiger partial charge in [0.2, 0.25) is 5.91 Å². The maximum absolute atomic E-state index is 13.8. The summed E-state index contributed by atoms with van der Waals surface area (Å²) in [4.78, 5) is 34.0. The van der Waals surface area contributed by atoms with Crippen molar-refractivity contribution in [3.05, 3.63) is 52.9 Å². The van der Waals surface area contributed by atoms with Gasteiger partial charge in [0, 0.05) is 28.9 Å². The molecule has 7 nitrogen and oxygen atoms in total. The standard InChI is InChI=1S/C24H31Cl2N5O2/c1-15(2)10-19(11-16(3)25)30-14-20-21(8-9-22(28-20)29-23(32)13-27-4)31(24(30)33)18-7-5-6-17(26)12-18/h5-10,15-16,18,27H,11-14H2,1-4H3,(H,28,29,32). The zero-order chi connectivity index (χ0) is 24.1. The number of carbonyl (C=O) groups is 2. The molecule has 3 rings (SSSR count). The van der Waals surface area contributed by atoms with Gasteiger partial charge in [0.25, 0.3) is 0 Å². The molecule has 0 radical (unpaired) electrons. The Labute approximate surface area is 205 Å². The lowest BCUT2D eigenvalue weighted by atomic mass is 10.0. The molecule has 2 atom stereocenters. The minimum absolute atomic E-state index is 0.135. The normalized spacial score (nSPS) is 19.5. The van der Waals surface area contributed by atoms with Crippen LogP contribution in [0.3, 0.4) is 0 Å². The zero-order valence-corrected chi connectivity index (χ0v) is 21.0. The first-order chi connectivity index (χ1) is 15.7. The van der Waals surface area contributed by atoms with Crippen molar-refractivity contribution in [1.29, 1.82) is 0 Å². The number of alkyl halides is 1. The van der Waals surface area contributed by atoms with E-state index < -0.39 is 0 Å². The first-order valence-electron chi connectivity index (χ1n) is 11.1. The summed E-state index contributed by atoms with van der Waals surface area (Å²) in [6, 6.07) is 3.18. The van der Waals surface area contributed by atoms with E-state index in [2.05, 4.69) is 30.6 Å². The summed E-state index contributed by atoms with van der Waals surface area (Å²) in [6.45, 7) is 6.53. The molecule has 0 spiro atoms. The Hall–Kier alpha value is -2.35. The Balaban J connectivity index is 2.04. The van der Waals surface area contributed by atoms with Crippen LogP contribution in [0.15, 0.2) is 47.2 Å². The van der Waals surface area contributed by atoms with E-state index in [9.17, 15) is 9.59 Å². The van der Waals surface area contributed by atoms with Gasteiger partial charge in [0.15, 0.2) is 0 Å². The zero-order valence-electron chi connectivity index (χ0n) is 19.4. The Kier molecular flexibility index (Phi) is 8.57. The van der Waals surface area contributed by atoms with Gasteiger partial charge in [-0.3, -0.25) is 14.6 Å². The second-order valence-electron chi connectivity index (χ2n) is 8.64. The molecule has 1 aromatic rings. The van der Waals surface area contributed by atoms with Gasteiger partial charge in [-0.05, 0) is 38.1 Å². The lowest BCUT2D eigenvalue weighted by Gasteiger charge is -2.41. The fourth-order valence-corrected chi connectivity index (χ4v) is 4.37. The molecule has 0 saturated heterocycles. The largest absolute Gasteiger partial charge is 0.329 e. The Morgan fingerprint density at radius 3 is 2.73 bits per heavy atom. The maximum atomic E-state index is 13.8. The molecular formula is C24H31Cl2N5O2. The molecule has 2 heterocycles. The highest BCUT2D eigenvalue weighted by molar-refractivity contribution is 6.29. The number of carbonyl (C=O) groups excluding carboxylic acids is 2. The number of halogens is 2. The fourth-order valence-electron chi connectivity index (χ4n) is 3.98. The molecule has 2 N–H and O–H groups in total. The van der Waals surface area contributed by atoms with E-state index in [1.54, 1.807) is 22.9 Å². The van der Waals surface area contributed by atoms with Crippen LogP contribution in [0.1, 0.15) is 39.3 Å². The highest BCUT2D eigenvalue weighted by Crippen LogP contribution is 2.36. The third kappa shape index (κ3) is 6.37. The van der Waals surface area contributed by atoms with Gasteiger partial charge in [-0.15, -0.1) is 11.6 Å². The lowest BCUT2D eigenvalue weighted by molar-refractivity contribution is -0.115. The van der Waals surface area contributed by atoms with Crippen molar-refractivity contribution in [2.75, 3.05) is 23.8 Å². The van der Waals surface area contributed by atoms with Crippen LogP contribution in [0.25, 0.3) is 0 Å². The number of hydrogen-bond donors (Lipinski definition) is 2. The number of nitrogens with zero attached hydrogens (tertiary/aromatic N) is 3. The fraction of sp³-hybridized carbons (Fsp3) is 0.458. The van der Waals surface area contributed by atoms with Gasteiger partial charge in [0.1, 0.15) is 5.82 Å². The molecule has 0 fully saturated rings. The smallest absolute Gasteiger partial charge is 0.311 e. The summed E-state index contributed by atoms with van der Waals surface area (Å²) in [6.07, 6.45) is 8.82.